The van der Waals surface area contributed by atoms with Gasteiger partial charge in [0.2, 0.25) is 0 Å². The maximum atomic E-state index is 8.33. The zero-order valence-electron chi connectivity index (χ0n) is 3.52. The van der Waals surface area contributed by atoms with Crippen LogP contribution in [0.5, 0.6) is 0 Å². The number of hydrogen-bond donors (Lipinski definition) is 0. The number of halogens is 1. The van der Waals surface area contributed by atoms with Crippen LogP contribution in [0.25, 0.3) is 0 Å². The number of hydrogen-bond acceptors (Lipinski definition) is 3. The summed E-state index contributed by atoms with van der Waals surface area (Å²) in [6.07, 6.45) is -2.33. The van der Waals surface area contributed by atoms with Gasteiger partial charge in [-0.1, -0.05) is 0 Å². The van der Waals surface area contributed by atoms with Crippen LogP contribution in [0.2, 0.25) is 0 Å². The van der Waals surface area contributed by atoms with Gasteiger partial charge in [0.05, 0.1) is 0 Å². The van der Waals surface area contributed by atoms with Crippen LogP contribution >= 0.6 is 0 Å². The SMILES string of the molecule is O=C([O-])[O-].[Cl-].[Sr+2].[Sr+2]. The largest absolute Gasteiger partial charge is 2.00 e. The summed E-state index contributed by atoms with van der Waals surface area (Å²) >= 11 is 0. The molecule has 0 saturated heterocycles. The summed E-state index contributed by atoms with van der Waals surface area (Å²) in [6, 6.07) is 0. The molecule has 0 aromatic heterocycles. The van der Waals surface area contributed by atoms with Crippen molar-refractivity contribution in [2.24, 2.45) is 0 Å². The first-order valence-corrected chi connectivity index (χ1v) is 0.612. The van der Waals surface area contributed by atoms with Gasteiger partial charge in [-0.15, -0.1) is 0 Å². The van der Waals surface area contributed by atoms with Crippen molar-refractivity contribution in [2.75, 3.05) is 0 Å². The van der Waals surface area contributed by atoms with E-state index < -0.39 is 6.16 Å². The zero-order valence-corrected chi connectivity index (χ0v) is 11.2. The monoisotopic (exact) mass is 271 g/mol. The van der Waals surface area contributed by atoms with Crippen LogP contribution in [0.15, 0.2) is 0 Å². The predicted molar refractivity (Wildman–Crippen MR) is 16.9 cm³/mol. The molecule has 0 aliphatic carbocycles. The van der Waals surface area contributed by atoms with Crippen LogP contribution in [0.1, 0.15) is 0 Å². The normalized spacial score (nSPS) is 3.43. The minimum absolute atomic E-state index is 0. The van der Waals surface area contributed by atoms with E-state index in [9.17, 15) is 0 Å². The van der Waals surface area contributed by atoms with Crippen molar-refractivity contribution >= 4 is 97.1 Å². The molecule has 0 heterocycles. The topological polar surface area (TPSA) is 63.2 Å². The Morgan fingerprint density at radius 2 is 1.14 bits per heavy atom. The molecule has 0 bridgehead atoms. The zero-order chi connectivity index (χ0) is 3.58. The average Bonchev–Trinajstić information content (AvgIpc) is 0.811. The van der Waals surface area contributed by atoms with Gasteiger partial charge in [-0.3, -0.25) is 0 Å². The Kier molecular flexibility index (Phi) is 51.2. The third kappa shape index (κ3) is 57.0. The standard InChI is InChI=1S/CH2O3.ClH.2Sr/c2-1(3)4;;;/h(H2,2,3,4);1H;;/q;;2*+2/p-3. The van der Waals surface area contributed by atoms with Crippen LogP contribution in [0.3, 0.4) is 0 Å². The van der Waals surface area contributed by atoms with Crippen molar-refractivity contribution in [1.82, 2.24) is 0 Å². The van der Waals surface area contributed by atoms with E-state index >= 15 is 0 Å². The summed E-state index contributed by atoms with van der Waals surface area (Å²) in [5, 5.41) is 16.7. The summed E-state index contributed by atoms with van der Waals surface area (Å²) in [7, 11) is 0. The molecule has 0 aromatic carbocycles. The fourth-order valence-electron chi connectivity index (χ4n) is 0. The maximum Gasteiger partial charge on any atom is 2.00 e. The molecule has 0 fully saturated rings. The predicted octanol–water partition coefficient (Wildman–Crippen LogP) is -6.20. The molecule has 0 atom stereocenters. The van der Waals surface area contributed by atoms with E-state index in [-0.39, 0.29) is 103 Å². The molecule has 0 spiro atoms. The van der Waals surface area contributed by atoms with Crippen LogP contribution in [0, 0.1) is 0 Å². The van der Waals surface area contributed by atoms with E-state index in [0.29, 0.717) is 0 Å². The number of carbonyl (C=O) groups excluding carboxylic acids is 1. The molecule has 0 aliphatic rings. The van der Waals surface area contributed by atoms with Crippen molar-refractivity contribution in [2.45, 2.75) is 0 Å². The quantitative estimate of drug-likeness (QED) is 0.412. The van der Waals surface area contributed by atoms with E-state index in [0.717, 1.165) is 0 Å². The van der Waals surface area contributed by atoms with Crippen molar-refractivity contribution in [1.29, 1.82) is 0 Å². The Hall–Kier alpha value is 2.52. The van der Waals surface area contributed by atoms with Crippen LogP contribution in [-0.2, 0) is 0 Å². The van der Waals surface area contributed by atoms with Gasteiger partial charge >= 0.3 is 91.0 Å². The Morgan fingerprint density at radius 3 is 1.14 bits per heavy atom. The fourth-order valence-corrected chi connectivity index (χ4v) is 0. The molecule has 0 saturated carbocycles. The second kappa shape index (κ2) is 15.8. The molecule has 0 amide bonds. The van der Waals surface area contributed by atoms with Crippen LogP contribution in [-0.4, -0.2) is 97.1 Å². The van der Waals surface area contributed by atoms with Crippen LogP contribution in [0.4, 0.5) is 4.79 Å². The molecule has 6 heteroatoms. The summed E-state index contributed by atoms with van der Waals surface area (Å²) in [5.74, 6) is 0. The average molecular weight is 271 g/mol. The molecule has 0 radical (unpaired) electrons. The first-order valence-electron chi connectivity index (χ1n) is 0.612. The number of rotatable bonds is 0. The Bertz CT molecular complexity index is 35.9. The second-order valence-electron chi connectivity index (χ2n) is 0.250. The fraction of sp³-hybridized carbons (Fsp3) is 0. The summed E-state index contributed by atoms with van der Waals surface area (Å²) in [6.45, 7) is 0. The minimum atomic E-state index is -2.33. The first-order chi connectivity index (χ1) is 1.73. The van der Waals surface area contributed by atoms with Crippen molar-refractivity contribution in [3.63, 3.8) is 0 Å². The molecule has 7 heavy (non-hydrogen) atoms. The van der Waals surface area contributed by atoms with Crippen molar-refractivity contribution < 1.29 is 27.4 Å². The summed E-state index contributed by atoms with van der Waals surface area (Å²) in [5.41, 5.74) is 0. The van der Waals surface area contributed by atoms with Crippen molar-refractivity contribution in [3.05, 3.63) is 0 Å². The minimum Gasteiger partial charge on any atom is -1.00 e. The molecular formula is CClO3Sr2+. The van der Waals surface area contributed by atoms with Crippen molar-refractivity contribution in [3.8, 4) is 0 Å². The summed E-state index contributed by atoms with van der Waals surface area (Å²) in [4.78, 5) is 8.33. The van der Waals surface area contributed by atoms with E-state index in [1.54, 1.807) is 0 Å². The first kappa shape index (κ1) is 22.7. The molecule has 0 N–H and O–H groups in total. The number of carbonyl (C=O) groups is 1. The molecule has 0 rings (SSSR count). The Balaban J connectivity index is -0.0000000150. The third-order valence-corrected chi connectivity index (χ3v) is 0. The van der Waals surface area contributed by atoms with Gasteiger partial charge in [-0.25, -0.2) is 0 Å². The molecule has 0 aliphatic heterocycles. The van der Waals surface area contributed by atoms with E-state index in [1.165, 1.54) is 0 Å². The Labute approximate surface area is 121 Å². The maximum absolute atomic E-state index is 8.33. The van der Waals surface area contributed by atoms with Gasteiger partial charge in [0.15, 0.2) is 0 Å². The molecule has 3 nitrogen and oxygen atoms in total. The molecule has 0 unspecified atom stereocenters. The molecule has 32 valence electrons. The van der Waals surface area contributed by atoms with Gasteiger partial charge in [-0.2, -0.15) is 0 Å². The summed E-state index contributed by atoms with van der Waals surface area (Å²) < 4.78 is 0. The van der Waals surface area contributed by atoms with Gasteiger partial charge in [0.1, 0.15) is 0 Å². The van der Waals surface area contributed by atoms with Gasteiger partial charge in [0.25, 0.3) is 0 Å². The smallest absolute Gasteiger partial charge is 1.00 e. The van der Waals surface area contributed by atoms with Gasteiger partial charge < -0.3 is 27.4 Å². The Morgan fingerprint density at radius 1 is 1.14 bits per heavy atom. The van der Waals surface area contributed by atoms with E-state index in [4.69, 9.17) is 15.0 Å². The number of carboxylic acid groups (broad SMARTS) is 2. The third-order valence-electron chi connectivity index (χ3n) is 0. The van der Waals surface area contributed by atoms with E-state index in [1.807, 2.05) is 0 Å². The van der Waals surface area contributed by atoms with Gasteiger partial charge in [0, 0.05) is 0 Å². The second-order valence-corrected chi connectivity index (χ2v) is 0.250. The molecule has 0 aromatic rings. The molecular weight excluding hydrogens is 271 g/mol. The van der Waals surface area contributed by atoms with Crippen LogP contribution < -0.4 is 22.6 Å². The van der Waals surface area contributed by atoms with Gasteiger partial charge in [-0.05, 0) is 6.16 Å². The van der Waals surface area contributed by atoms with E-state index in [2.05, 4.69) is 0 Å².